The number of ether oxygens (including phenoxy) is 2. The van der Waals surface area contributed by atoms with Gasteiger partial charge in [-0.3, -0.25) is 9.59 Å². The van der Waals surface area contributed by atoms with Crippen LogP contribution in [0.25, 0.3) is 11.4 Å². The van der Waals surface area contributed by atoms with Crippen LogP contribution in [0.15, 0.2) is 65.1 Å². The molecule has 0 saturated heterocycles. The lowest BCUT2D eigenvalue weighted by molar-refractivity contribution is -0.143. The summed E-state index contributed by atoms with van der Waals surface area (Å²) in [6.07, 6.45) is 5.13. The van der Waals surface area contributed by atoms with Crippen LogP contribution in [-0.4, -0.2) is 57.2 Å². The number of carbonyl (C=O) groups is 2. The molecule has 0 spiro atoms. The Balaban J connectivity index is 1.44. The van der Waals surface area contributed by atoms with Crippen LogP contribution in [0.3, 0.4) is 0 Å². The summed E-state index contributed by atoms with van der Waals surface area (Å²) in [5, 5.41) is 15.9. The van der Waals surface area contributed by atoms with E-state index in [1.54, 1.807) is 38.5 Å². The first-order valence-electron chi connectivity index (χ1n) is 14.1. The highest BCUT2D eigenvalue weighted by Gasteiger charge is 2.35. The number of benzene rings is 2. The molecule has 1 aliphatic rings. The summed E-state index contributed by atoms with van der Waals surface area (Å²) in [6.45, 7) is 1.76. The number of furan rings is 1. The minimum absolute atomic E-state index is 0.0618. The van der Waals surface area contributed by atoms with Gasteiger partial charge in [0, 0.05) is 18.2 Å². The molecule has 42 heavy (non-hydrogen) atoms. The molecule has 1 aliphatic carbocycles. The lowest BCUT2D eigenvalue weighted by Crippen LogP contribution is -2.47. The van der Waals surface area contributed by atoms with Gasteiger partial charge < -0.3 is 24.1 Å². The molecule has 220 valence electrons. The molecule has 2 aromatic carbocycles. The van der Waals surface area contributed by atoms with Crippen molar-refractivity contribution in [3.63, 3.8) is 0 Å². The highest BCUT2D eigenvalue weighted by molar-refractivity contribution is 5.88. The summed E-state index contributed by atoms with van der Waals surface area (Å²) in [6, 6.07) is 17.3. The second-order valence-electron chi connectivity index (χ2n) is 10.4. The largest absolute Gasteiger partial charge is 0.497 e. The van der Waals surface area contributed by atoms with Gasteiger partial charge in [-0.1, -0.05) is 31.4 Å². The van der Waals surface area contributed by atoms with Crippen LogP contribution in [-0.2, 0) is 22.7 Å². The van der Waals surface area contributed by atoms with Crippen molar-refractivity contribution in [2.24, 2.45) is 0 Å². The fourth-order valence-electron chi connectivity index (χ4n) is 5.18. The SMILES string of the molecule is COc1ccc(CN(C(=O)Cn2nnc(-c3ccc(OC)cc3)n2)C(C(=O)NC2CCCCC2)c2ccc(C)o2)cc1. The molecule has 1 N–H and O–H groups in total. The predicted molar refractivity (Wildman–Crippen MR) is 155 cm³/mol. The number of hydrogen-bond donors (Lipinski definition) is 1. The number of methoxy groups -OCH3 is 2. The molecular weight excluding hydrogens is 536 g/mol. The van der Waals surface area contributed by atoms with Crippen LogP contribution >= 0.6 is 0 Å². The molecule has 1 unspecified atom stereocenters. The van der Waals surface area contributed by atoms with Crippen molar-refractivity contribution < 1.29 is 23.5 Å². The molecule has 0 radical (unpaired) electrons. The van der Waals surface area contributed by atoms with Gasteiger partial charge in [-0.25, -0.2) is 0 Å². The van der Waals surface area contributed by atoms with Crippen LogP contribution < -0.4 is 14.8 Å². The minimum Gasteiger partial charge on any atom is -0.497 e. The van der Waals surface area contributed by atoms with Crippen molar-refractivity contribution in [3.8, 4) is 22.9 Å². The first-order chi connectivity index (χ1) is 20.4. The third-order valence-corrected chi connectivity index (χ3v) is 7.45. The smallest absolute Gasteiger partial charge is 0.250 e. The number of nitrogens with zero attached hydrogens (tertiary/aromatic N) is 5. The third kappa shape index (κ3) is 6.96. The zero-order valence-electron chi connectivity index (χ0n) is 24.2. The average Bonchev–Trinajstić information content (AvgIpc) is 3.66. The number of amides is 2. The molecule has 0 aliphatic heterocycles. The van der Waals surface area contributed by atoms with Crippen LogP contribution in [0.4, 0.5) is 0 Å². The first-order valence-corrected chi connectivity index (χ1v) is 14.1. The standard InChI is InChI=1S/C31H36N6O5/c1-21-9-18-27(42-21)29(31(39)32-24-7-5-4-6-8-24)36(19-22-10-14-25(40-2)15-11-22)28(38)20-37-34-30(33-35-37)23-12-16-26(41-3)17-13-23/h9-18,24,29H,4-8,19-20H2,1-3H3,(H,32,39). The lowest BCUT2D eigenvalue weighted by atomic mass is 9.95. The number of aromatic nitrogens is 4. The molecule has 2 aromatic heterocycles. The van der Waals surface area contributed by atoms with Crippen LogP contribution in [0.1, 0.15) is 55.2 Å². The Labute approximate surface area is 244 Å². The van der Waals surface area contributed by atoms with E-state index in [1.807, 2.05) is 43.3 Å². The van der Waals surface area contributed by atoms with Crippen LogP contribution in [0.5, 0.6) is 11.5 Å². The minimum atomic E-state index is -0.986. The Morgan fingerprint density at radius 3 is 2.26 bits per heavy atom. The lowest BCUT2D eigenvalue weighted by Gasteiger charge is -2.32. The number of rotatable bonds is 11. The summed E-state index contributed by atoms with van der Waals surface area (Å²) >= 11 is 0. The van der Waals surface area contributed by atoms with E-state index in [4.69, 9.17) is 13.9 Å². The van der Waals surface area contributed by atoms with Gasteiger partial charge in [-0.15, -0.1) is 10.2 Å². The Kier molecular flexibility index (Phi) is 9.15. The van der Waals surface area contributed by atoms with Crippen molar-refractivity contribution in [3.05, 3.63) is 77.7 Å². The molecule has 2 amide bonds. The van der Waals surface area contributed by atoms with Gasteiger partial charge in [0.2, 0.25) is 11.7 Å². The van der Waals surface area contributed by atoms with Crippen LogP contribution in [0, 0.1) is 6.92 Å². The first kappa shape index (κ1) is 28.8. The number of nitrogens with one attached hydrogen (secondary N) is 1. The normalized spacial score (nSPS) is 14.3. The number of aryl methyl sites for hydroxylation is 1. The molecule has 1 saturated carbocycles. The van der Waals surface area contributed by atoms with Crippen molar-refractivity contribution in [1.29, 1.82) is 0 Å². The zero-order chi connectivity index (χ0) is 29.5. The Bertz CT molecular complexity index is 1470. The van der Waals surface area contributed by atoms with Gasteiger partial charge in [-0.05, 0) is 79.1 Å². The van der Waals surface area contributed by atoms with Gasteiger partial charge in [-0.2, -0.15) is 4.80 Å². The van der Waals surface area contributed by atoms with Gasteiger partial charge in [0.15, 0.2) is 6.04 Å². The summed E-state index contributed by atoms with van der Waals surface area (Å²) in [4.78, 5) is 30.7. The second-order valence-corrected chi connectivity index (χ2v) is 10.4. The number of carbonyl (C=O) groups excluding carboxylic acids is 2. The van der Waals surface area contributed by atoms with Gasteiger partial charge >= 0.3 is 0 Å². The monoisotopic (exact) mass is 572 g/mol. The summed E-state index contributed by atoms with van der Waals surface area (Å²) < 4.78 is 16.5. The molecule has 2 heterocycles. The second kappa shape index (κ2) is 13.3. The van der Waals surface area contributed by atoms with E-state index >= 15 is 0 Å². The number of hydrogen-bond acceptors (Lipinski definition) is 8. The molecule has 11 nitrogen and oxygen atoms in total. The fraction of sp³-hybridized carbons (Fsp3) is 0.387. The summed E-state index contributed by atoms with van der Waals surface area (Å²) in [7, 11) is 3.20. The predicted octanol–water partition coefficient (Wildman–Crippen LogP) is 4.48. The van der Waals surface area contributed by atoms with E-state index in [2.05, 4.69) is 20.7 Å². The number of tetrazole rings is 1. The molecular formula is C31H36N6O5. The highest BCUT2D eigenvalue weighted by atomic mass is 16.5. The maximum absolute atomic E-state index is 14.0. The fourth-order valence-corrected chi connectivity index (χ4v) is 5.18. The maximum Gasteiger partial charge on any atom is 0.250 e. The molecule has 11 heteroatoms. The van der Waals surface area contributed by atoms with E-state index in [0.717, 1.165) is 36.8 Å². The highest BCUT2D eigenvalue weighted by Crippen LogP contribution is 2.28. The van der Waals surface area contributed by atoms with E-state index < -0.39 is 6.04 Å². The van der Waals surface area contributed by atoms with E-state index in [-0.39, 0.29) is 30.9 Å². The van der Waals surface area contributed by atoms with Gasteiger partial charge in [0.1, 0.15) is 29.6 Å². The quantitative estimate of drug-likeness (QED) is 0.279. The molecule has 0 bridgehead atoms. The topological polar surface area (TPSA) is 125 Å². The van der Waals surface area contributed by atoms with E-state index in [1.165, 1.54) is 16.1 Å². The average molecular weight is 573 g/mol. The molecule has 1 fully saturated rings. The van der Waals surface area contributed by atoms with E-state index in [9.17, 15) is 9.59 Å². The van der Waals surface area contributed by atoms with Crippen LogP contribution in [0.2, 0.25) is 0 Å². The Hall–Kier alpha value is -4.67. The van der Waals surface area contributed by atoms with Gasteiger partial charge in [0.05, 0.1) is 14.2 Å². The zero-order valence-corrected chi connectivity index (χ0v) is 24.2. The molecule has 4 aromatic rings. The third-order valence-electron chi connectivity index (χ3n) is 7.45. The van der Waals surface area contributed by atoms with E-state index in [0.29, 0.717) is 28.8 Å². The molecule has 1 atom stereocenters. The Morgan fingerprint density at radius 2 is 1.64 bits per heavy atom. The van der Waals surface area contributed by atoms with Crippen molar-refractivity contribution in [1.82, 2.24) is 30.4 Å². The van der Waals surface area contributed by atoms with Crippen molar-refractivity contribution >= 4 is 11.8 Å². The molecule has 5 rings (SSSR count). The van der Waals surface area contributed by atoms with Gasteiger partial charge in [0.25, 0.3) is 5.91 Å². The van der Waals surface area contributed by atoms with Crippen molar-refractivity contribution in [2.75, 3.05) is 14.2 Å². The van der Waals surface area contributed by atoms with Crippen molar-refractivity contribution in [2.45, 2.75) is 64.2 Å². The summed E-state index contributed by atoms with van der Waals surface area (Å²) in [5.74, 6) is 2.20. The Morgan fingerprint density at radius 1 is 0.976 bits per heavy atom. The maximum atomic E-state index is 14.0. The summed E-state index contributed by atoms with van der Waals surface area (Å²) in [5.41, 5.74) is 1.56.